The number of anilines is 2. The third-order valence-electron chi connectivity index (χ3n) is 4.66. The van der Waals surface area contributed by atoms with E-state index in [9.17, 15) is 9.90 Å². The van der Waals surface area contributed by atoms with Gasteiger partial charge in [-0.2, -0.15) is 0 Å². The fourth-order valence-corrected chi connectivity index (χ4v) is 5.13. The Labute approximate surface area is 180 Å². The molecule has 0 bridgehead atoms. The van der Waals surface area contributed by atoms with E-state index in [2.05, 4.69) is 37.2 Å². The van der Waals surface area contributed by atoms with Gasteiger partial charge in [0.1, 0.15) is 5.72 Å². The van der Waals surface area contributed by atoms with Gasteiger partial charge in [0.15, 0.2) is 0 Å². The van der Waals surface area contributed by atoms with Crippen LogP contribution in [-0.2, 0) is 0 Å². The molecule has 0 radical (unpaired) electrons. The predicted octanol–water partition coefficient (Wildman–Crippen LogP) is 6.04. The average Bonchev–Trinajstić information content (AvgIpc) is 3.11. The summed E-state index contributed by atoms with van der Waals surface area (Å²) in [7, 11) is 1.89. The highest BCUT2D eigenvalue weighted by molar-refractivity contribution is 9.11. The molecule has 1 aromatic heterocycles. The van der Waals surface area contributed by atoms with Crippen LogP contribution >= 0.6 is 55.6 Å². The summed E-state index contributed by atoms with van der Waals surface area (Å²) in [5.74, 6) is -0.150. The molecule has 142 valence electrons. The molecular formula is C18H21Br2ClN2O2S. The third-order valence-corrected chi connectivity index (χ3v) is 6.61. The zero-order valence-electron chi connectivity index (χ0n) is 14.3. The lowest BCUT2D eigenvalue weighted by molar-refractivity contribution is 0.00550. The van der Waals surface area contributed by atoms with Crippen LogP contribution < -0.4 is 10.2 Å². The van der Waals surface area contributed by atoms with Gasteiger partial charge in [0.05, 0.1) is 16.3 Å². The van der Waals surface area contributed by atoms with Crippen molar-refractivity contribution < 1.29 is 9.90 Å². The van der Waals surface area contributed by atoms with Crippen molar-refractivity contribution >= 4 is 72.9 Å². The lowest BCUT2D eigenvalue weighted by Gasteiger charge is -2.42. The number of amides is 1. The summed E-state index contributed by atoms with van der Waals surface area (Å²) in [4.78, 5) is 15.1. The van der Waals surface area contributed by atoms with Crippen molar-refractivity contribution in [2.75, 3.05) is 17.3 Å². The molecule has 3 rings (SSSR count). The molecule has 2 aromatic rings. The topological polar surface area (TPSA) is 52.6 Å². The molecule has 4 nitrogen and oxygen atoms in total. The first-order chi connectivity index (χ1) is 11.9. The van der Waals surface area contributed by atoms with Crippen LogP contribution in [0.4, 0.5) is 11.4 Å². The molecule has 0 spiro atoms. The van der Waals surface area contributed by atoms with E-state index < -0.39 is 5.72 Å². The van der Waals surface area contributed by atoms with Crippen molar-refractivity contribution in [1.82, 2.24) is 0 Å². The Balaban J connectivity index is 0.00000243. The monoisotopic (exact) mass is 522 g/mol. The molecule has 1 aromatic carbocycles. The number of nitrogens with zero attached hydrogens (tertiary/aromatic N) is 1. The standard InChI is InChI=1S/C18H20Br2N2O2S.ClH/c1-22(18(24)7-3-2-4-8-18)14-11-12(19)10-13(20)16(14)21-17(23)15-6-5-9-25-15;/h5-6,9-11,24H,2-4,7-8H2,1H3,(H,21,23);1H. The Morgan fingerprint density at radius 1 is 1.27 bits per heavy atom. The highest BCUT2D eigenvalue weighted by atomic mass is 79.9. The lowest BCUT2D eigenvalue weighted by atomic mass is 9.90. The van der Waals surface area contributed by atoms with Gasteiger partial charge in [-0.05, 0) is 65.2 Å². The molecule has 26 heavy (non-hydrogen) atoms. The van der Waals surface area contributed by atoms with Crippen LogP contribution in [0.3, 0.4) is 0 Å². The Bertz CT molecular complexity index is 765. The second kappa shape index (κ2) is 9.06. The van der Waals surface area contributed by atoms with E-state index in [0.717, 1.165) is 46.7 Å². The van der Waals surface area contributed by atoms with Gasteiger partial charge in [-0.15, -0.1) is 23.7 Å². The molecule has 0 aliphatic heterocycles. The highest BCUT2D eigenvalue weighted by Crippen LogP contribution is 2.42. The number of carbonyl (C=O) groups excluding carboxylic acids is 1. The van der Waals surface area contributed by atoms with E-state index in [1.807, 2.05) is 35.5 Å². The van der Waals surface area contributed by atoms with E-state index in [-0.39, 0.29) is 18.3 Å². The van der Waals surface area contributed by atoms with E-state index >= 15 is 0 Å². The van der Waals surface area contributed by atoms with E-state index in [4.69, 9.17) is 0 Å². The fraction of sp³-hybridized carbons (Fsp3) is 0.389. The number of aliphatic hydroxyl groups is 1. The maximum Gasteiger partial charge on any atom is 0.265 e. The molecule has 2 N–H and O–H groups in total. The van der Waals surface area contributed by atoms with Crippen LogP contribution in [0.15, 0.2) is 38.6 Å². The van der Waals surface area contributed by atoms with Gasteiger partial charge in [-0.25, -0.2) is 0 Å². The number of hydrogen-bond acceptors (Lipinski definition) is 4. The Morgan fingerprint density at radius 3 is 2.58 bits per heavy atom. The Hall–Kier alpha value is -0.600. The van der Waals surface area contributed by atoms with Crippen molar-refractivity contribution in [1.29, 1.82) is 0 Å². The zero-order valence-corrected chi connectivity index (χ0v) is 19.1. The van der Waals surface area contributed by atoms with E-state index in [0.29, 0.717) is 10.6 Å². The Kier molecular flexibility index (Phi) is 7.56. The first kappa shape index (κ1) is 21.7. The van der Waals surface area contributed by atoms with Gasteiger partial charge in [-0.1, -0.05) is 28.4 Å². The third kappa shape index (κ3) is 4.62. The molecular weight excluding hydrogens is 504 g/mol. The molecule has 1 amide bonds. The van der Waals surface area contributed by atoms with Gasteiger partial charge >= 0.3 is 0 Å². The van der Waals surface area contributed by atoms with Gasteiger partial charge in [0, 0.05) is 16.0 Å². The Morgan fingerprint density at radius 2 is 1.96 bits per heavy atom. The molecule has 0 unspecified atom stereocenters. The molecule has 1 heterocycles. The van der Waals surface area contributed by atoms with Crippen LogP contribution in [0.5, 0.6) is 0 Å². The second-order valence-corrected chi connectivity index (χ2v) is 9.03. The van der Waals surface area contributed by atoms with Crippen molar-refractivity contribution in [2.45, 2.75) is 37.8 Å². The second-order valence-electron chi connectivity index (χ2n) is 6.32. The number of halogens is 3. The van der Waals surface area contributed by atoms with Crippen molar-refractivity contribution in [3.8, 4) is 0 Å². The van der Waals surface area contributed by atoms with Crippen LogP contribution in [-0.4, -0.2) is 23.8 Å². The van der Waals surface area contributed by atoms with Crippen molar-refractivity contribution in [3.05, 3.63) is 43.5 Å². The summed E-state index contributed by atoms with van der Waals surface area (Å²) in [6, 6.07) is 7.48. The fourth-order valence-electron chi connectivity index (χ4n) is 3.21. The molecule has 1 fully saturated rings. The molecule has 1 saturated carbocycles. The average molecular weight is 525 g/mol. The van der Waals surface area contributed by atoms with Crippen LogP contribution in [0, 0.1) is 0 Å². The minimum absolute atomic E-state index is 0. The number of benzene rings is 1. The molecule has 0 atom stereocenters. The van der Waals surface area contributed by atoms with Crippen LogP contribution in [0.1, 0.15) is 41.8 Å². The maximum atomic E-state index is 12.5. The largest absolute Gasteiger partial charge is 0.371 e. The minimum Gasteiger partial charge on any atom is -0.371 e. The first-order valence-corrected chi connectivity index (χ1v) is 10.7. The van der Waals surface area contributed by atoms with Crippen LogP contribution in [0.25, 0.3) is 0 Å². The van der Waals surface area contributed by atoms with Gasteiger partial charge in [0.2, 0.25) is 0 Å². The highest BCUT2D eigenvalue weighted by Gasteiger charge is 2.35. The number of thiophene rings is 1. The molecule has 0 saturated heterocycles. The maximum absolute atomic E-state index is 12.5. The van der Waals surface area contributed by atoms with Crippen molar-refractivity contribution in [2.24, 2.45) is 0 Å². The number of rotatable bonds is 4. The van der Waals surface area contributed by atoms with Gasteiger partial charge < -0.3 is 15.3 Å². The minimum atomic E-state index is -0.888. The summed E-state index contributed by atoms with van der Waals surface area (Å²) in [6.07, 6.45) is 4.62. The van der Waals surface area contributed by atoms with Crippen LogP contribution in [0.2, 0.25) is 0 Å². The summed E-state index contributed by atoms with van der Waals surface area (Å²) >= 11 is 8.46. The van der Waals surface area contributed by atoms with E-state index in [1.165, 1.54) is 11.3 Å². The predicted molar refractivity (Wildman–Crippen MR) is 118 cm³/mol. The van der Waals surface area contributed by atoms with Crippen molar-refractivity contribution in [3.63, 3.8) is 0 Å². The summed E-state index contributed by atoms with van der Waals surface area (Å²) in [5.41, 5.74) is 0.569. The molecule has 1 aliphatic rings. The summed E-state index contributed by atoms with van der Waals surface area (Å²) in [6.45, 7) is 0. The number of carbonyl (C=O) groups is 1. The summed E-state index contributed by atoms with van der Waals surface area (Å²) in [5, 5.41) is 16.0. The smallest absolute Gasteiger partial charge is 0.265 e. The van der Waals surface area contributed by atoms with Gasteiger partial charge in [0.25, 0.3) is 5.91 Å². The summed E-state index contributed by atoms with van der Waals surface area (Å²) < 4.78 is 1.66. The SMILES string of the molecule is CN(c1cc(Br)cc(Br)c1NC(=O)c1cccs1)C1(O)CCCCC1.Cl. The normalized spacial score (nSPS) is 15.8. The first-order valence-electron chi connectivity index (χ1n) is 8.21. The quantitative estimate of drug-likeness (QED) is 0.480. The molecule has 8 heteroatoms. The zero-order chi connectivity index (χ0) is 18.0. The lowest BCUT2D eigenvalue weighted by Crippen LogP contribution is -2.48. The van der Waals surface area contributed by atoms with E-state index in [1.54, 1.807) is 6.07 Å². The molecule has 1 aliphatic carbocycles. The number of hydrogen-bond donors (Lipinski definition) is 2. The number of nitrogens with one attached hydrogen (secondary N) is 1. The van der Waals surface area contributed by atoms with Gasteiger partial charge in [-0.3, -0.25) is 4.79 Å².